The summed E-state index contributed by atoms with van der Waals surface area (Å²) >= 11 is 0. The van der Waals surface area contributed by atoms with Gasteiger partial charge in [0.05, 0.1) is 11.4 Å². The summed E-state index contributed by atoms with van der Waals surface area (Å²) in [6.07, 6.45) is 0.452. The molecule has 0 bridgehead atoms. The fraction of sp³-hybridized carbons (Fsp3) is 0.333. The zero-order chi connectivity index (χ0) is 14.7. The average molecular weight is 275 g/mol. The summed E-state index contributed by atoms with van der Waals surface area (Å²) in [4.78, 5) is 11.9. The number of halogens is 1. The number of benzene rings is 1. The second-order valence-electron chi connectivity index (χ2n) is 5.21. The quantitative estimate of drug-likeness (QED) is 0.930. The number of carbonyl (C=O) groups is 1. The molecule has 0 saturated carbocycles. The molecule has 0 aliphatic rings. The maximum Gasteiger partial charge on any atom is 0.225 e. The molecule has 0 spiro atoms. The SMILES string of the molecule is Cc1cc(NC(=O)CC(C)C)n(-c2ccc(F)cc2)n1. The molecule has 1 amide bonds. The number of carbonyl (C=O) groups excluding carboxylic acids is 1. The van der Waals surface area contributed by atoms with Crippen LogP contribution in [0, 0.1) is 18.7 Å². The van der Waals surface area contributed by atoms with E-state index in [1.165, 1.54) is 12.1 Å². The highest BCUT2D eigenvalue weighted by atomic mass is 19.1. The summed E-state index contributed by atoms with van der Waals surface area (Å²) in [7, 11) is 0. The predicted molar refractivity (Wildman–Crippen MR) is 76.3 cm³/mol. The molecular weight excluding hydrogens is 257 g/mol. The van der Waals surface area contributed by atoms with Crippen molar-refractivity contribution in [3.63, 3.8) is 0 Å². The van der Waals surface area contributed by atoms with Gasteiger partial charge in [-0.2, -0.15) is 5.10 Å². The first-order chi connectivity index (χ1) is 9.45. The van der Waals surface area contributed by atoms with Crippen LogP contribution in [-0.2, 0) is 4.79 Å². The van der Waals surface area contributed by atoms with E-state index in [9.17, 15) is 9.18 Å². The molecule has 0 atom stereocenters. The standard InChI is InChI=1S/C15H18FN3O/c1-10(2)8-15(20)17-14-9-11(3)18-19(14)13-6-4-12(16)5-7-13/h4-7,9-10H,8H2,1-3H3,(H,17,20). The van der Waals surface area contributed by atoms with Gasteiger partial charge in [0.15, 0.2) is 0 Å². The number of nitrogens with zero attached hydrogens (tertiary/aromatic N) is 2. The Bertz CT molecular complexity index is 602. The van der Waals surface area contributed by atoms with Crippen LogP contribution < -0.4 is 5.32 Å². The maximum absolute atomic E-state index is 13.0. The highest BCUT2D eigenvalue weighted by molar-refractivity contribution is 5.90. The minimum absolute atomic E-state index is 0.0525. The van der Waals surface area contributed by atoms with E-state index < -0.39 is 0 Å². The van der Waals surface area contributed by atoms with Crippen LogP contribution in [0.15, 0.2) is 30.3 Å². The first-order valence-corrected chi connectivity index (χ1v) is 6.58. The Morgan fingerprint density at radius 3 is 2.60 bits per heavy atom. The minimum Gasteiger partial charge on any atom is -0.311 e. The Morgan fingerprint density at radius 2 is 2.00 bits per heavy atom. The minimum atomic E-state index is -0.303. The van der Waals surface area contributed by atoms with Crippen molar-refractivity contribution in [2.45, 2.75) is 27.2 Å². The number of hydrogen-bond acceptors (Lipinski definition) is 2. The lowest BCUT2D eigenvalue weighted by molar-refractivity contribution is -0.116. The van der Waals surface area contributed by atoms with E-state index in [2.05, 4.69) is 10.4 Å². The van der Waals surface area contributed by atoms with Gasteiger partial charge in [-0.25, -0.2) is 9.07 Å². The lowest BCUT2D eigenvalue weighted by atomic mass is 10.1. The molecule has 1 heterocycles. The second-order valence-corrected chi connectivity index (χ2v) is 5.21. The molecule has 2 aromatic rings. The third-order valence-corrected chi connectivity index (χ3v) is 2.76. The molecule has 4 nitrogen and oxygen atoms in total. The Balaban J connectivity index is 2.26. The summed E-state index contributed by atoms with van der Waals surface area (Å²) in [6, 6.07) is 7.78. The fourth-order valence-electron chi connectivity index (χ4n) is 1.93. The van der Waals surface area contributed by atoms with Crippen molar-refractivity contribution >= 4 is 11.7 Å². The number of aromatic nitrogens is 2. The molecule has 0 aliphatic carbocycles. The topological polar surface area (TPSA) is 46.9 Å². The maximum atomic E-state index is 13.0. The third kappa shape index (κ3) is 3.44. The van der Waals surface area contributed by atoms with E-state index in [4.69, 9.17) is 0 Å². The first-order valence-electron chi connectivity index (χ1n) is 6.58. The molecule has 5 heteroatoms. The molecule has 20 heavy (non-hydrogen) atoms. The van der Waals surface area contributed by atoms with Gasteiger partial charge in [0.1, 0.15) is 11.6 Å². The predicted octanol–water partition coefficient (Wildman–Crippen LogP) is 3.30. The van der Waals surface area contributed by atoms with Gasteiger partial charge in [-0.1, -0.05) is 13.8 Å². The molecule has 1 N–H and O–H groups in total. The van der Waals surface area contributed by atoms with Crippen LogP contribution in [0.25, 0.3) is 5.69 Å². The van der Waals surface area contributed by atoms with Crippen LogP contribution in [0.1, 0.15) is 26.0 Å². The van der Waals surface area contributed by atoms with E-state index >= 15 is 0 Å². The van der Waals surface area contributed by atoms with E-state index in [-0.39, 0.29) is 11.7 Å². The molecular formula is C15H18FN3O. The van der Waals surface area contributed by atoms with Crippen molar-refractivity contribution in [2.75, 3.05) is 5.32 Å². The van der Waals surface area contributed by atoms with E-state index in [0.29, 0.717) is 23.8 Å². The van der Waals surface area contributed by atoms with Gasteiger partial charge in [0, 0.05) is 12.5 Å². The summed E-state index contributed by atoms with van der Waals surface area (Å²) in [6.45, 7) is 5.82. The van der Waals surface area contributed by atoms with Gasteiger partial charge in [0.2, 0.25) is 5.91 Å². The highest BCUT2D eigenvalue weighted by Gasteiger charge is 2.12. The number of amides is 1. The van der Waals surface area contributed by atoms with Crippen molar-refractivity contribution in [1.29, 1.82) is 0 Å². The number of anilines is 1. The van der Waals surface area contributed by atoms with Gasteiger partial charge in [-0.15, -0.1) is 0 Å². The Labute approximate surface area is 117 Å². The molecule has 2 rings (SSSR count). The third-order valence-electron chi connectivity index (χ3n) is 2.76. The van der Waals surface area contributed by atoms with Crippen molar-refractivity contribution in [2.24, 2.45) is 5.92 Å². The molecule has 0 unspecified atom stereocenters. The molecule has 1 aromatic carbocycles. The molecule has 0 saturated heterocycles. The number of rotatable bonds is 4. The largest absolute Gasteiger partial charge is 0.311 e. The van der Waals surface area contributed by atoms with E-state index in [1.807, 2.05) is 20.8 Å². The second kappa shape index (κ2) is 5.86. The molecule has 0 fully saturated rings. The van der Waals surface area contributed by atoms with Crippen LogP contribution in [-0.4, -0.2) is 15.7 Å². The van der Waals surface area contributed by atoms with Crippen LogP contribution in [0.4, 0.5) is 10.2 Å². The Morgan fingerprint density at radius 1 is 1.35 bits per heavy atom. The summed E-state index contributed by atoms with van der Waals surface area (Å²) in [5, 5.41) is 7.17. The van der Waals surface area contributed by atoms with Gasteiger partial charge < -0.3 is 5.32 Å². The highest BCUT2D eigenvalue weighted by Crippen LogP contribution is 2.18. The average Bonchev–Trinajstić information content (AvgIpc) is 2.70. The lowest BCUT2D eigenvalue weighted by Gasteiger charge is -2.10. The van der Waals surface area contributed by atoms with Crippen molar-refractivity contribution < 1.29 is 9.18 Å². The van der Waals surface area contributed by atoms with Gasteiger partial charge >= 0.3 is 0 Å². The zero-order valence-electron chi connectivity index (χ0n) is 11.9. The van der Waals surface area contributed by atoms with Crippen LogP contribution >= 0.6 is 0 Å². The molecule has 1 aromatic heterocycles. The van der Waals surface area contributed by atoms with Gasteiger partial charge in [0.25, 0.3) is 0 Å². The van der Waals surface area contributed by atoms with E-state index in [1.54, 1.807) is 22.9 Å². The lowest BCUT2D eigenvalue weighted by Crippen LogP contribution is -2.16. The zero-order valence-corrected chi connectivity index (χ0v) is 11.9. The van der Waals surface area contributed by atoms with Crippen LogP contribution in [0.5, 0.6) is 0 Å². The number of aryl methyl sites for hydroxylation is 1. The number of hydrogen-bond donors (Lipinski definition) is 1. The van der Waals surface area contributed by atoms with Crippen molar-refractivity contribution in [3.8, 4) is 5.69 Å². The summed E-state index contributed by atoms with van der Waals surface area (Å²) in [5.41, 5.74) is 1.49. The Hall–Kier alpha value is -2.17. The van der Waals surface area contributed by atoms with Crippen molar-refractivity contribution in [1.82, 2.24) is 9.78 Å². The normalized spacial score (nSPS) is 10.8. The molecule has 0 aliphatic heterocycles. The molecule has 106 valence electrons. The molecule has 0 radical (unpaired) electrons. The Kier molecular flexibility index (Phi) is 4.17. The van der Waals surface area contributed by atoms with Gasteiger partial charge in [-0.05, 0) is 37.1 Å². The van der Waals surface area contributed by atoms with Gasteiger partial charge in [-0.3, -0.25) is 4.79 Å². The van der Waals surface area contributed by atoms with Crippen molar-refractivity contribution in [3.05, 3.63) is 41.8 Å². The summed E-state index contributed by atoms with van der Waals surface area (Å²) in [5.74, 6) is 0.532. The summed E-state index contributed by atoms with van der Waals surface area (Å²) < 4.78 is 14.6. The fourth-order valence-corrected chi connectivity index (χ4v) is 1.93. The van der Waals surface area contributed by atoms with Crippen LogP contribution in [0.3, 0.4) is 0 Å². The van der Waals surface area contributed by atoms with Crippen LogP contribution in [0.2, 0.25) is 0 Å². The smallest absolute Gasteiger partial charge is 0.225 e. The monoisotopic (exact) mass is 275 g/mol. The first kappa shape index (κ1) is 14.2. The number of nitrogens with one attached hydrogen (secondary N) is 1. The van der Waals surface area contributed by atoms with E-state index in [0.717, 1.165) is 5.69 Å².